The lowest BCUT2D eigenvalue weighted by atomic mass is 9.60. The fourth-order valence-corrected chi connectivity index (χ4v) is 1.87. The van der Waals surface area contributed by atoms with Gasteiger partial charge in [0.1, 0.15) is 47.1 Å². The molecule has 0 saturated heterocycles. The molecule has 0 aliphatic heterocycles. The van der Waals surface area contributed by atoms with E-state index in [-0.39, 0.29) is 32.9 Å². The number of rotatable bonds is 2. The summed E-state index contributed by atoms with van der Waals surface area (Å²) < 4.78 is 0. The van der Waals surface area contributed by atoms with Crippen molar-refractivity contribution in [1.29, 1.82) is 0 Å². The fraction of sp³-hybridized carbons (Fsp3) is 0. The number of hydrogen-bond donors (Lipinski definition) is 0. The van der Waals surface area contributed by atoms with Gasteiger partial charge in [-0.05, 0) is 0 Å². The summed E-state index contributed by atoms with van der Waals surface area (Å²) in [6.07, 6.45) is 0. The van der Waals surface area contributed by atoms with E-state index in [9.17, 15) is 4.79 Å². The zero-order valence-electron chi connectivity index (χ0n) is 10.7. The lowest BCUT2D eigenvalue weighted by Crippen LogP contribution is -2.57. The standard InChI is InChI=1S/C13H4B6O/c14-6-3-1-5(2-4-6)13(20)7-8(15)10(17)12(19)11(18)9(7)16/h1-4H. The average Bonchev–Trinajstić information content (AvgIpc) is 2.44. The molecule has 7 heteroatoms. The third kappa shape index (κ3) is 2.42. The molecule has 0 aliphatic rings. The highest BCUT2D eigenvalue weighted by Crippen LogP contribution is 2.03. The third-order valence-electron chi connectivity index (χ3n) is 3.10. The molecule has 2 rings (SSSR count). The SMILES string of the molecule is [B]c1ccc(C(=O)c2c([B])c([B])c([B])c([B])c2[B])cc1. The minimum absolute atomic E-state index is 0.0241. The molecule has 0 amide bonds. The summed E-state index contributed by atoms with van der Waals surface area (Å²) in [5, 5.41) is 0. The molecule has 1 nitrogen and oxygen atoms in total. The molecule has 0 aliphatic carbocycles. The van der Waals surface area contributed by atoms with Crippen LogP contribution in [-0.2, 0) is 0 Å². The average molecular weight is 241 g/mol. The van der Waals surface area contributed by atoms with Crippen LogP contribution in [0.3, 0.4) is 0 Å². The van der Waals surface area contributed by atoms with E-state index in [1.807, 2.05) is 0 Å². The summed E-state index contributed by atoms with van der Waals surface area (Å²) in [5.41, 5.74) is 1.20. The Morgan fingerprint density at radius 3 is 1.50 bits per heavy atom. The topological polar surface area (TPSA) is 17.1 Å². The molecule has 20 heavy (non-hydrogen) atoms. The van der Waals surface area contributed by atoms with E-state index in [0.29, 0.717) is 11.0 Å². The van der Waals surface area contributed by atoms with Crippen molar-refractivity contribution in [2.75, 3.05) is 0 Å². The fourth-order valence-electron chi connectivity index (χ4n) is 1.87. The van der Waals surface area contributed by atoms with E-state index in [4.69, 9.17) is 47.1 Å². The van der Waals surface area contributed by atoms with Crippen molar-refractivity contribution in [3.63, 3.8) is 0 Å². The minimum atomic E-state index is -0.390. The van der Waals surface area contributed by atoms with Gasteiger partial charge in [-0.3, -0.25) is 4.79 Å². The molecule has 0 N–H and O–H groups in total. The monoisotopic (exact) mass is 242 g/mol. The summed E-state index contributed by atoms with van der Waals surface area (Å²) in [6, 6.07) is 6.34. The summed E-state index contributed by atoms with van der Waals surface area (Å²) >= 11 is 0. The zero-order chi connectivity index (χ0) is 15.0. The van der Waals surface area contributed by atoms with Gasteiger partial charge >= 0.3 is 0 Å². The van der Waals surface area contributed by atoms with E-state index in [2.05, 4.69) is 0 Å². The second kappa shape index (κ2) is 5.47. The number of benzene rings is 2. The molecule has 12 radical (unpaired) electrons. The van der Waals surface area contributed by atoms with Crippen molar-refractivity contribution < 1.29 is 4.79 Å². The van der Waals surface area contributed by atoms with Crippen LogP contribution in [0.2, 0.25) is 0 Å². The molecule has 0 bridgehead atoms. The lowest BCUT2D eigenvalue weighted by molar-refractivity contribution is 0.104. The van der Waals surface area contributed by atoms with Crippen LogP contribution in [0, 0.1) is 0 Å². The van der Waals surface area contributed by atoms with Gasteiger partial charge in [0.2, 0.25) is 0 Å². The molecule has 0 atom stereocenters. The Labute approximate surface area is 126 Å². The molecule has 0 unspecified atom stereocenters. The summed E-state index contributed by atoms with van der Waals surface area (Å²) in [5.74, 6) is -0.390. The summed E-state index contributed by atoms with van der Waals surface area (Å²) in [7, 11) is 34.4. The zero-order valence-corrected chi connectivity index (χ0v) is 10.7. The third-order valence-corrected chi connectivity index (χ3v) is 3.10. The number of hydrogen-bond acceptors (Lipinski definition) is 1. The molecule has 0 spiro atoms. The first-order valence-electron chi connectivity index (χ1n) is 5.76. The Morgan fingerprint density at radius 1 is 0.650 bits per heavy atom. The molecule has 0 aromatic heterocycles. The van der Waals surface area contributed by atoms with Gasteiger partial charge in [-0.1, -0.05) is 40.7 Å². The smallest absolute Gasteiger partial charge is 0.191 e. The van der Waals surface area contributed by atoms with E-state index >= 15 is 0 Å². The Morgan fingerprint density at radius 2 is 1.05 bits per heavy atom. The van der Waals surface area contributed by atoms with E-state index in [0.717, 1.165) is 0 Å². The quantitative estimate of drug-likeness (QED) is 0.384. The molecule has 0 heterocycles. The number of ketones is 1. The van der Waals surface area contributed by atoms with Crippen LogP contribution in [-0.4, -0.2) is 52.9 Å². The van der Waals surface area contributed by atoms with Gasteiger partial charge in [-0.15, -0.1) is 16.4 Å². The molecule has 0 fully saturated rings. The van der Waals surface area contributed by atoms with E-state index < -0.39 is 5.78 Å². The van der Waals surface area contributed by atoms with Gasteiger partial charge in [-0.2, -0.15) is 0 Å². The Hall–Kier alpha value is -1.50. The first-order chi connectivity index (χ1) is 9.34. The molecule has 0 saturated carbocycles. The predicted molar refractivity (Wildman–Crippen MR) is 88.6 cm³/mol. The number of carbonyl (C=O) groups is 1. The Bertz CT molecular complexity index is 664. The highest BCUT2D eigenvalue weighted by molar-refractivity contribution is 6.68. The van der Waals surface area contributed by atoms with Crippen LogP contribution in [0.1, 0.15) is 15.9 Å². The van der Waals surface area contributed by atoms with Crippen LogP contribution >= 0.6 is 0 Å². The Kier molecular flexibility index (Phi) is 4.08. The second-order valence-electron chi connectivity index (χ2n) is 4.39. The van der Waals surface area contributed by atoms with Crippen LogP contribution in [0.5, 0.6) is 0 Å². The highest BCUT2D eigenvalue weighted by atomic mass is 16.1. The first kappa shape index (κ1) is 14.9. The van der Waals surface area contributed by atoms with Crippen molar-refractivity contribution in [1.82, 2.24) is 0 Å². The van der Waals surface area contributed by atoms with Gasteiger partial charge in [-0.25, -0.2) is 0 Å². The van der Waals surface area contributed by atoms with Crippen LogP contribution < -0.4 is 32.8 Å². The van der Waals surface area contributed by atoms with Gasteiger partial charge in [0.25, 0.3) is 0 Å². The molecular weight excluding hydrogens is 237 g/mol. The van der Waals surface area contributed by atoms with Crippen molar-refractivity contribution in [3.05, 3.63) is 35.4 Å². The number of carbonyl (C=O) groups excluding carboxylic acids is 1. The van der Waals surface area contributed by atoms with Gasteiger partial charge in [0.15, 0.2) is 5.78 Å². The maximum absolute atomic E-state index is 12.5. The van der Waals surface area contributed by atoms with Crippen molar-refractivity contribution in [3.8, 4) is 0 Å². The van der Waals surface area contributed by atoms with Gasteiger partial charge < -0.3 is 0 Å². The van der Waals surface area contributed by atoms with Crippen molar-refractivity contribution in [2.24, 2.45) is 0 Å². The summed E-state index contributed by atoms with van der Waals surface area (Å²) in [6.45, 7) is 0. The molecule has 2 aromatic carbocycles. The van der Waals surface area contributed by atoms with Gasteiger partial charge in [0, 0.05) is 11.1 Å². The molecule has 2 aromatic rings. The Balaban J connectivity index is 2.64. The maximum atomic E-state index is 12.5. The maximum Gasteiger partial charge on any atom is 0.191 e. The normalized spacial score (nSPS) is 10.4. The second-order valence-corrected chi connectivity index (χ2v) is 4.39. The van der Waals surface area contributed by atoms with Crippen molar-refractivity contribution >= 4 is 85.6 Å². The largest absolute Gasteiger partial charge is 0.289 e. The van der Waals surface area contributed by atoms with Crippen LogP contribution in [0.4, 0.5) is 0 Å². The van der Waals surface area contributed by atoms with E-state index in [1.54, 1.807) is 24.3 Å². The highest BCUT2D eigenvalue weighted by Gasteiger charge is 2.17. The molecule has 80 valence electrons. The van der Waals surface area contributed by atoms with Crippen molar-refractivity contribution in [2.45, 2.75) is 0 Å². The van der Waals surface area contributed by atoms with Crippen LogP contribution in [0.15, 0.2) is 24.3 Å². The first-order valence-corrected chi connectivity index (χ1v) is 5.76. The van der Waals surface area contributed by atoms with Crippen LogP contribution in [0.25, 0.3) is 0 Å². The van der Waals surface area contributed by atoms with E-state index in [1.165, 1.54) is 0 Å². The summed E-state index contributed by atoms with van der Waals surface area (Å²) in [4.78, 5) is 12.5. The minimum Gasteiger partial charge on any atom is -0.289 e. The van der Waals surface area contributed by atoms with Gasteiger partial charge in [0.05, 0.1) is 0 Å². The lowest BCUT2D eigenvalue weighted by Gasteiger charge is -2.20. The molecular formula is C13H4B6O. The predicted octanol–water partition coefficient (Wildman–Crippen LogP) is -4.32.